The Morgan fingerprint density at radius 3 is 2.35 bits per heavy atom. The van der Waals surface area contributed by atoms with E-state index < -0.39 is 18.0 Å². The van der Waals surface area contributed by atoms with E-state index in [1.165, 1.54) is 19.0 Å². The number of hydrogen-bond acceptors (Lipinski definition) is 3. The fraction of sp³-hybridized carbons (Fsp3) is 0.700. The number of rotatable bonds is 6. The first-order chi connectivity index (χ1) is 7.92. The van der Waals surface area contributed by atoms with E-state index in [0.717, 1.165) is 0 Å². The van der Waals surface area contributed by atoms with Crippen molar-refractivity contribution in [3.63, 3.8) is 0 Å². The van der Waals surface area contributed by atoms with Crippen LogP contribution in [0.25, 0.3) is 0 Å². The molecule has 1 unspecified atom stereocenters. The second-order valence-corrected chi connectivity index (χ2v) is 3.59. The first kappa shape index (κ1) is 15.2. The van der Waals surface area contributed by atoms with Gasteiger partial charge in [-0.3, -0.25) is 4.79 Å². The predicted octanol–water partition coefficient (Wildman–Crippen LogP) is -0.373. The van der Waals surface area contributed by atoms with Gasteiger partial charge < -0.3 is 20.6 Å². The molecule has 1 atom stereocenters. The highest BCUT2D eigenvalue weighted by atomic mass is 16.4. The Hall–Kier alpha value is -1.79. The smallest absolute Gasteiger partial charge is 0.326 e. The van der Waals surface area contributed by atoms with Crippen molar-refractivity contribution in [1.29, 1.82) is 0 Å². The van der Waals surface area contributed by atoms with Gasteiger partial charge in [-0.15, -0.1) is 0 Å². The Morgan fingerprint density at radius 2 is 1.94 bits per heavy atom. The quantitative estimate of drug-likeness (QED) is 0.594. The third-order valence-electron chi connectivity index (χ3n) is 2.30. The Balaban J connectivity index is 4.12. The topological polar surface area (TPSA) is 98.7 Å². The predicted molar refractivity (Wildman–Crippen MR) is 61.6 cm³/mol. The second-order valence-electron chi connectivity index (χ2n) is 3.59. The van der Waals surface area contributed by atoms with Crippen molar-refractivity contribution in [2.75, 3.05) is 20.6 Å². The molecule has 0 saturated carbocycles. The van der Waals surface area contributed by atoms with Crippen LogP contribution in [0.2, 0.25) is 0 Å². The molecule has 98 valence electrons. The molecule has 3 N–H and O–H groups in total. The zero-order chi connectivity index (χ0) is 13.4. The van der Waals surface area contributed by atoms with Gasteiger partial charge in [0.25, 0.3) is 0 Å². The molecule has 0 spiro atoms. The molecule has 0 fully saturated rings. The van der Waals surface area contributed by atoms with Crippen LogP contribution in [0.3, 0.4) is 0 Å². The van der Waals surface area contributed by atoms with Crippen molar-refractivity contribution in [3.05, 3.63) is 0 Å². The highest BCUT2D eigenvalue weighted by Gasteiger charge is 2.19. The minimum Gasteiger partial charge on any atom is -0.480 e. The van der Waals surface area contributed by atoms with E-state index in [9.17, 15) is 14.4 Å². The van der Waals surface area contributed by atoms with E-state index in [4.69, 9.17) is 5.11 Å². The van der Waals surface area contributed by atoms with Crippen LogP contribution < -0.4 is 10.6 Å². The van der Waals surface area contributed by atoms with Gasteiger partial charge in [-0.1, -0.05) is 6.92 Å². The Labute approximate surface area is 100 Å². The number of amides is 3. The van der Waals surface area contributed by atoms with Crippen molar-refractivity contribution >= 4 is 17.9 Å². The number of carboxylic acid groups (broad SMARTS) is 1. The summed E-state index contributed by atoms with van der Waals surface area (Å²) in [6.07, 6.45) is 0.495. The highest BCUT2D eigenvalue weighted by molar-refractivity contribution is 5.83. The molecular formula is C10H19N3O4. The Morgan fingerprint density at radius 1 is 1.35 bits per heavy atom. The molecule has 17 heavy (non-hydrogen) atoms. The Bertz CT molecular complexity index is 293. The minimum absolute atomic E-state index is 0.171. The number of nitrogens with zero attached hydrogens (tertiary/aromatic N) is 1. The number of hydrogen-bond donors (Lipinski definition) is 3. The van der Waals surface area contributed by atoms with Gasteiger partial charge in [0.05, 0.1) is 0 Å². The second kappa shape index (κ2) is 7.48. The van der Waals surface area contributed by atoms with E-state index in [1.54, 1.807) is 6.92 Å². The minimum atomic E-state index is -1.07. The van der Waals surface area contributed by atoms with Gasteiger partial charge in [-0.25, -0.2) is 9.59 Å². The lowest BCUT2D eigenvalue weighted by molar-refractivity contribution is -0.139. The van der Waals surface area contributed by atoms with Gasteiger partial charge in [0.2, 0.25) is 5.91 Å². The molecule has 0 rings (SSSR count). The summed E-state index contributed by atoms with van der Waals surface area (Å²) in [7, 11) is 3.02. The van der Waals surface area contributed by atoms with Gasteiger partial charge in [0.1, 0.15) is 6.04 Å². The largest absolute Gasteiger partial charge is 0.480 e. The molecule has 0 aliphatic carbocycles. The molecular weight excluding hydrogens is 226 g/mol. The average Bonchev–Trinajstić information content (AvgIpc) is 2.31. The van der Waals surface area contributed by atoms with Crippen LogP contribution in [-0.4, -0.2) is 54.6 Å². The van der Waals surface area contributed by atoms with Gasteiger partial charge in [0, 0.05) is 27.1 Å². The van der Waals surface area contributed by atoms with Gasteiger partial charge in [0.15, 0.2) is 0 Å². The first-order valence-corrected chi connectivity index (χ1v) is 5.37. The molecule has 7 heteroatoms. The molecule has 0 aliphatic rings. The van der Waals surface area contributed by atoms with E-state index in [1.807, 2.05) is 0 Å². The summed E-state index contributed by atoms with van der Waals surface area (Å²) in [4.78, 5) is 34.5. The van der Waals surface area contributed by atoms with Crippen molar-refractivity contribution in [1.82, 2.24) is 15.5 Å². The van der Waals surface area contributed by atoms with Crippen molar-refractivity contribution < 1.29 is 19.5 Å². The normalized spacial score (nSPS) is 11.5. The lowest BCUT2D eigenvalue weighted by Gasteiger charge is -2.20. The number of aliphatic carboxylic acids is 1. The zero-order valence-corrected chi connectivity index (χ0v) is 10.3. The number of nitrogens with one attached hydrogen (secondary N) is 2. The summed E-state index contributed by atoms with van der Waals surface area (Å²) in [6.45, 7) is 1.91. The van der Waals surface area contributed by atoms with E-state index in [-0.39, 0.29) is 18.9 Å². The fourth-order valence-electron chi connectivity index (χ4n) is 1.09. The van der Waals surface area contributed by atoms with Gasteiger partial charge in [-0.05, 0) is 6.42 Å². The van der Waals surface area contributed by atoms with E-state index >= 15 is 0 Å². The van der Waals surface area contributed by atoms with Crippen molar-refractivity contribution in [2.45, 2.75) is 25.8 Å². The lowest BCUT2D eigenvalue weighted by Crippen LogP contribution is -2.47. The van der Waals surface area contributed by atoms with Crippen LogP contribution in [0.15, 0.2) is 0 Å². The number of carboxylic acids is 1. The maximum absolute atomic E-state index is 11.5. The SMILES string of the molecule is CCC(NC(=O)N(C)CCC(=O)NC)C(=O)O. The molecule has 0 aromatic heterocycles. The van der Waals surface area contributed by atoms with Crippen molar-refractivity contribution in [2.24, 2.45) is 0 Å². The monoisotopic (exact) mass is 245 g/mol. The third kappa shape index (κ3) is 5.74. The van der Waals surface area contributed by atoms with Crippen LogP contribution in [-0.2, 0) is 9.59 Å². The summed E-state index contributed by atoms with van der Waals surface area (Å²) < 4.78 is 0. The van der Waals surface area contributed by atoms with Crippen molar-refractivity contribution in [3.8, 4) is 0 Å². The van der Waals surface area contributed by atoms with Gasteiger partial charge in [-0.2, -0.15) is 0 Å². The maximum atomic E-state index is 11.5. The van der Waals surface area contributed by atoms with Crippen LogP contribution in [0.5, 0.6) is 0 Å². The molecule has 3 amide bonds. The molecule has 0 aromatic carbocycles. The number of carbonyl (C=O) groups excluding carboxylic acids is 2. The molecule has 0 aromatic rings. The zero-order valence-electron chi connectivity index (χ0n) is 10.3. The summed E-state index contributed by atoms with van der Waals surface area (Å²) in [5, 5.41) is 13.6. The summed E-state index contributed by atoms with van der Waals surface area (Å²) in [5.74, 6) is -1.24. The molecule has 0 radical (unpaired) electrons. The number of carbonyl (C=O) groups is 3. The lowest BCUT2D eigenvalue weighted by atomic mass is 10.2. The molecule has 0 bridgehead atoms. The maximum Gasteiger partial charge on any atom is 0.326 e. The van der Waals surface area contributed by atoms with Gasteiger partial charge >= 0.3 is 12.0 Å². The fourth-order valence-corrected chi connectivity index (χ4v) is 1.09. The van der Waals surface area contributed by atoms with Crippen LogP contribution >= 0.6 is 0 Å². The highest BCUT2D eigenvalue weighted by Crippen LogP contribution is 1.95. The Kier molecular flexibility index (Phi) is 6.69. The number of urea groups is 1. The standard InChI is InChI=1S/C10H19N3O4/c1-4-7(9(15)16)12-10(17)13(3)6-5-8(14)11-2/h7H,4-6H2,1-3H3,(H,11,14)(H,12,17)(H,15,16). The average molecular weight is 245 g/mol. The van der Waals surface area contributed by atoms with E-state index in [0.29, 0.717) is 6.42 Å². The molecule has 0 aliphatic heterocycles. The molecule has 0 heterocycles. The summed E-state index contributed by atoms with van der Waals surface area (Å²) in [5.41, 5.74) is 0. The molecule has 0 saturated heterocycles. The summed E-state index contributed by atoms with van der Waals surface area (Å²) >= 11 is 0. The van der Waals surface area contributed by atoms with Crippen LogP contribution in [0, 0.1) is 0 Å². The first-order valence-electron chi connectivity index (χ1n) is 5.37. The van der Waals surface area contributed by atoms with Crippen LogP contribution in [0.4, 0.5) is 4.79 Å². The van der Waals surface area contributed by atoms with E-state index in [2.05, 4.69) is 10.6 Å². The third-order valence-corrected chi connectivity index (χ3v) is 2.30. The van der Waals surface area contributed by atoms with Crippen LogP contribution in [0.1, 0.15) is 19.8 Å². The summed E-state index contributed by atoms with van der Waals surface area (Å²) in [6, 6.07) is -1.40. The molecule has 7 nitrogen and oxygen atoms in total.